The molecule has 0 spiro atoms. The lowest BCUT2D eigenvalue weighted by molar-refractivity contribution is 0.131. The largest absolute Gasteiger partial charge is 0.311 e. The Balaban J connectivity index is 1.92. The fourth-order valence-electron chi connectivity index (χ4n) is 2.74. The van der Waals surface area contributed by atoms with Gasteiger partial charge in [-0.25, -0.2) is 0 Å². The van der Waals surface area contributed by atoms with Crippen molar-refractivity contribution in [2.45, 2.75) is 58.2 Å². The maximum absolute atomic E-state index is 3.67. The molecule has 0 aliphatic carbocycles. The molecule has 1 atom stereocenters. The third-order valence-electron chi connectivity index (χ3n) is 3.85. The topological polar surface area (TPSA) is 15.3 Å². The summed E-state index contributed by atoms with van der Waals surface area (Å²) in [6, 6.07) is 11.5. The average Bonchev–Trinajstić information content (AvgIpc) is 2.38. The maximum atomic E-state index is 3.67. The first kappa shape index (κ1) is 14.5. The van der Waals surface area contributed by atoms with Gasteiger partial charge >= 0.3 is 0 Å². The second-order valence-electron chi connectivity index (χ2n) is 6.74. The molecule has 2 nitrogen and oxygen atoms in total. The van der Waals surface area contributed by atoms with Gasteiger partial charge in [0.05, 0.1) is 0 Å². The molecule has 0 saturated carbocycles. The maximum Gasteiger partial charge on any atom is 0.0237 e. The standard InChI is InChI=1S/C17H28N2/c1-17(2,3)18-13-16-11-7-8-12-19(16)14-15-9-5-4-6-10-15/h4-6,9-10,16,18H,7-8,11-14H2,1-3H3. The van der Waals surface area contributed by atoms with E-state index in [1.807, 2.05) is 0 Å². The lowest BCUT2D eigenvalue weighted by Crippen LogP contribution is -2.49. The fraction of sp³-hybridized carbons (Fsp3) is 0.647. The number of nitrogens with zero attached hydrogens (tertiary/aromatic N) is 1. The summed E-state index contributed by atoms with van der Waals surface area (Å²) in [6.45, 7) is 10.2. The van der Waals surface area contributed by atoms with Gasteiger partial charge in [-0.1, -0.05) is 36.8 Å². The molecular formula is C17H28N2. The third kappa shape index (κ3) is 4.96. The summed E-state index contributed by atoms with van der Waals surface area (Å²) in [5.74, 6) is 0. The van der Waals surface area contributed by atoms with E-state index in [1.54, 1.807) is 0 Å². The third-order valence-corrected chi connectivity index (χ3v) is 3.85. The lowest BCUT2D eigenvalue weighted by atomic mass is 9.99. The first-order valence-electron chi connectivity index (χ1n) is 7.57. The quantitative estimate of drug-likeness (QED) is 0.892. The molecule has 1 saturated heterocycles. The number of hydrogen-bond donors (Lipinski definition) is 1. The Morgan fingerprint density at radius 1 is 1.16 bits per heavy atom. The summed E-state index contributed by atoms with van der Waals surface area (Å²) in [6.07, 6.45) is 4.05. The van der Waals surface area contributed by atoms with Crippen LogP contribution < -0.4 is 5.32 Å². The Morgan fingerprint density at radius 3 is 2.58 bits per heavy atom. The van der Waals surface area contributed by atoms with Crippen LogP contribution in [0, 0.1) is 0 Å². The normalized spacial score (nSPS) is 21.5. The van der Waals surface area contributed by atoms with Gasteiger partial charge in [-0.15, -0.1) is 0 Å². The Hall–Kier alpha value is -0.860. The number of rotatable bonds is 4. The smallest absolute Gasteiger partial charge is 0.0237 e. The molecule has 0 amide bonds. The minimum absolute atomic E-state index is 0.218. The minimum Gasteiger partial charge on any atom is -0.311 e. The highest BCUT2D eigenvalue weighted by Crippen LogP contribution is 2.19. The predicted molar refractivity (Wildman–Crippen MR) is 82.2 cm³/mol. The predicted octanol–water partition coefficient (Wildman–Crippen LogP) is 3.43. The average molecular weight is 260 g/mol. The summed E-state index contributed by atoms with van der Waals surface area (Å²) in [4.78, 5) is 2.65. The highest BCUT2D eigenvalue weighted by Gasteiger charge is 2.23. The zero-order chi connectivity index (χ0) is 13.7. The number of likely N-dealkylation sites (tertiary alicyclic amines) is 1. The van der Waals surface area contributed by atoms with Crippen LogP contribution >= 0.6 is 0 Å². The molecule has 19 heavy (non-hydrogen) atoms. The minimum atomic E-state index is 0.218. The molecule has 0 aromatic heterocycles. The molecule has 1 aliphatic heterocycles. The van der Waals surface area contributed by atoms with E-state index in [1.165, 1.54) is 31.4 Å². The van der Waals surface area contributed by atoms with Crippen molar-refractivity contribution < 1.29 is 0 Å². The van der Waals surface area contributed by atoms with Crippen molar-refractivity contribution in [2.75, 3.05) is 13.1 Å². The molecule has 0 radical (unpaired) electrons. The van der Waals surface area contributed by atoms with Crippen LogP contribution in [0.25, 0.3) is 0 Å². The van der Waals surface area contributed by atoms with Crippen molar-refractivity contribution >= 4 is 0 Å². The van der Waals surface area contributed by atoms with E-state index in [9.17, 15) is 0 Å². The van der Waals surface area contributed by atoms with Gasteiger partial charge in [-0.2, -0.15) is 0 Å². The Labute approximate surface area is 118 Å². The van der Waals surface area contributed by atoms with Crippen LogP contribution in [-0.4, -0.2) is 29.6 Å². The van der Waals surface area contributed by atoms with Crippen LogP contribution in [0.3, 0.4) is 0 Å². The van der Waals surface area contributed by atoms with E-state index in [0.717, 1.165) is 13.1 Å². The van der Waals surface area contributed by atoms with Crippen molar-refractivity contribution in [1.29, 1.82) is 0 Å². The summed E-state index contributed by atoms with van der Waals surface area (Å²) >= 11 is 0. The first-order chi connectivity index (χ1) is 9.04. The molecule has 1 unspecified atom stereocenters. The molecule has 1 aromatic rings. The van der Waals surface area contributed by atoms with Crippen LogP contribution in [0.4, 0.5) is 0 Å². The van der Waals surface area contributed by atoms with Gasteiger partial charge in [0.15, 0.2) is 0 Å². The van der Waals surface area contributed by atoms with Crippen LogP contribution in [0.2, 0.25) is 0 Å². The Morgan fingerprint density at radius 2 is 1.89 bits per heavy atom. The van der Waals surface area contributed by atoms with E-state index in [-0.39, 0.29) is 5.54 Å². The summed E-state index contributed by atoms with van der Waals surface area (Å²) in [7, 11) is 0. The lowest BCUT2D eigenvalue weighted by Gasteiger charge is -2.37. The first-order valence-corrected chi connectivity index (χ1v) is 7.57. The monoisotopic (exact) mass is 260 g/mol. The second-order valence-corrected chi connectivity index (χ2v) is 6.74. The fourth-order valence-corrected chi connectivity index (χ4v) is 2.74. The highest BCUT2D eigenvalue weighted by atomic mass is 15.2. The number of hydrogen-bond acceptors (Lipinski definition) is 2. The van der Waals surface area contributed by atoms with Crippen LogP contribution in [0.5, 0.6) is 0 Å². The van der Waals surface area contributed by atoms with E-state index in [0.29, 0.717) is 6.04 Å². The molecule has 1 fully saturated rings. The van der Waals surface area contributed by atoms with Gasteiger partial charge in [0.25, 0.3) is 0 Å². The van der Waals surface area contributed by atoms with Gasteiger partial charge in [0.1, 0.15) is 0 Å². The van der Waals surface area contributed by atoms with E-state index in [4.69, 9.17) is 0 Å². The van der Waals surface area contributed by atoms with Gasteiger partial charge in [0, 0.05) is 24.7 Å². The molecule has 1 aliphatic rings. The van der Waals surface area contributed by atoms with Crippen molar-refractivity contribution in [1.82, 2.24) is 10.2 Å². The Kier molecular flexibility index (Phi) is 5.00. The summed E-state index contributed by atoms with van der Waals surface area (Å²) in [5.41, 5.74) is 1.65. The van der Waals surface area contributed by atoms with E-state index >= 15 is 0 Å². The molecule has 1 N–H and O–H groups in total. The van der Waals surface area contributed by atoms with Crippen molar-refractivity contribution in [3.63, 3.8) is 0 Å². The molecule has 2 rings (SSSR count). The zero-order valence-electron chi connectivity index (χ0n) is 12.7. The number of benzene rings is 1. The molecule has 1 heterocycles. The van der Waals surface area contributed by atoms with Crippen molar-refractivity contribution in [2.24, 2.45) is 0 Å². The van der Waals surface area contributed by atoms with Crippen LogP contribution in [0.15, 0.2) is 30.3 Å². The van der Waals surface area contributed by atoms with E-state index in [2.05, 4.69) is 61.3 Å². The van der Waals surface area contributed by atoms with Crippen LogP contribution in [-0.2, 0) is 6.54 Å². The van der Waals surface area contributed by atoms with Gasteiger partial charge in [0.2, 0.25) is 0 Å². The van der Waals surface area contributed by atoms with Crippen molar-refractivity contribution in [3.05, 3.63) is 35.9 Å². The Bertz CT molecular complexity index is 367. The summed E-state index contributed by atoms with van der Waals surface area (Å²) in [5, 5.41) is 3.67. The molecule has 106 valence electrons. The summed E-state index contributed by atoms with van der Waals surface area (Å²) < 4.78 is 0. The van der Waals surface area contributed by atoms with Gasteiger partial charge < -0.3 is 5.32 Å². The highest BCUT2D eigenvalue weighted by molar-refractivity contribution is 5.14. The molecule has 0 bridgehead atoms. The van der Waals surface area contributed by atoms with Gasteiger partial charge in [-0.3, -0.25) is 4.90 Å². The molecule has 1 aromatic carbocycles. The SMILES string of the molecule is CC(C)(C)NCC1CCCCN1Cc1ccccc1. The van der Waals surface area contributed by atoms with E-state index < -0.39 is 0 Å². The number of piperidine rings is 1. The second kappa shape index (κ2) is 6.53. The molecular weight excluding hydrogens is 232 g/mol. The zero-order valence-corrected chi connectivity index (χ0v) is 12.7. The molecule has 2 heteroatoms. The van der Waals surface area contributed by atoms with Gasteiger partial charge in [-0.05, 0) is 45.7 Å². The van der Waals surface area contributed by atoms with Crippen LogP contribution in [0.1, 0.15) is 45.6 Å². The number of nitrogens with one attached hydrogen (secondary N) is 1. The van der Waals surface area contributed by atoms with Crippen molar-refractivity contribution in [3.8, 4) is 0 Å².